The van der Waals surface area contributed by atoms with Crippen LogP contribution in [0.25, 0.3) is 22.2 Å². The number of hydrogen-bond donors (Lipinski definition) is 2. The highest BCUT2D eigenvalue weighted by molar-refractivity contribution is 5.83. The summed E-state index contributed by atoms with van der Waals surface area (Å²) >= 11 is 0. The summed E-state index contributed by atoms with van der Waals surface area (Å²) in [6.45, 7) is 2.04. The quantitative estimate of drug-likeness (QED) is 0.741. The fraction of sp³-hybridized carbons (Fsp3) is 0.133. The van der Waals surface area contributed by atoms with Gasteiger partial charge in [-0.05, 0) is 47.4 Å². The van der Waals surface area contributed by atoms with Gasteiger partial charge in [0.15, 0.2) is 0 Å². The number of anilines is 1. The number of nitrogen functional groups attached to an aromatic ring is 1. The number of nitrogens with two attached hydrogens (primary N) is 1. The lowest BCUT2D eigenvalue weighted by Crippen LogP contribution is -1.98. The summed E-state index contributed by atoms with van der Waals surface area (Å²) in [5, 5.41) is 17.1. The van der Waals surface area contributed by atoms with Gasteiger partial charge in [-0.3, -0.25) is 0 Å². The Balaban J connectivity index is 2.20. The van der Waals surface area contributed by atoms with E-state index in [9.17, 15) is 5.11 Å². The molecule has 0 saturated heterocycles. The maximum absolute atomic E-state index is 9.23. The Morgan fingerprint density at radius 2 is 1.95 bits per heavy atom. The first kappa shape index (κ1) is 12.5. The molecule has 3 N–H and O–H groups in total. The predicted molar refractivity (Wildman–Crippen MR) is 77.8 cm³/mol. The topological polar surface area (TPSA) is 84.9 Å². The fourth-order valence-electron chi connectivity index (χ4n) is 2.25. The van der Waals surface area contributed by atoms with E-state index in [4.69, 9.17) is 5.73 Å². The third-order valence-electron chi connectivity index (χ3n) is 3.24. The molecular formula is C15H14N4O. The van der Waals surface area contributed by atoms with Crippen molar-refractivity contribution in [1.29, 1.82) is 0 Å². The Bertz CT molecular complexity index is 786. The van der Waals surface area contributed by atoms with E-state index in [2.05, 4.69) is 15.2 Å². The summed E-state index contributed by atoms with van der Waals surface area (Å²) < 4.78 is 0. The number of aryl methyl sites for hydroxylation is 1. The molecule has 1 aromatic heterocycles. The molecule has 0 bridgehead atoms. The van der Waals surface area contributed by atoms with E-state index in [0.717, 1.165) is 27.8 Å². The lowest BCUT2D eigenvalue weighted by Gasteiger charge is -2.09. The molecule has 0 aliphatic rings. The number of aliphatic hydroxyl groups is 1. The Labute approximate surface area is 116 Å². The number of benzene rings is 2. The molecule has 0 radical (unpaired) electrons. The summed E-state index contributed by atoms with van der Waals surface area (Å²) in [5.74, 6) is 0.173. The molecule has 5 nitrogen and oxygen atoms in total. The van der Waals surface area contributed by atoms with Crippen molar-refractivity contribution in [2.75, 3.05) is 5.73 Å². The molecule has 0 atom stereocenters. The fourth-order valence-corrected chi connectivity index (χ4v) is 2.25. The second-order valence-electron chi connectivity index (χ2n) is 4.68. The zero-order chi connectivity index (χ0) is 14.1. The van der Waals surface area contributed by atoms with Crippen LogP contribution in [0.15, 0.2) is 36.4 Å². The van der Waals surface area contributed by atoms with Crippen molar-refractivity contribution in [3.05, 3.63) is 47.5 Å². The molecule has 0 aliphatic carbocycles. The molecular weight excluding hydrogens is 252 g/mol. The van der Waals surface area contributed by atoms with E-state index in [-0.39, 0.29) is 12.6 Å². The van der Waals surface area contributed by atoms with Crippen molar-refractivity contribution in [1.82, 2.24) is 15.2 Å². The maximum Gasteiger partial charge on any atom is 0.240 e. The predicted octanol–water partition coefficient (Wildman–Crippen LogP) is 2.07. The third-order valence-corrected chi connectivity index (χ3v) is 3.24. The lowest BCUT2D eigenvalue weighted by molar-refractivity contribution is 0.282. The molecule has 2 aromatic carbocycles. The van der Waals surface area contributed by atoms with Crippen molar-refractivity contribution >= 4 is 17.0 Å². The minimum Gasteiger partial charge on any atom is -0.392 e. The van der Waals surface area contributed by atoms with Gasteiger partial charge in [-0.2, -0.15) is 0 Å². The number of hydrogen-bond acceptors (Lipinski definition) is 5. The van der Waals surface area contributed by atoms with E-state index in [1.54, 1.807) is 0 Å². The zero-order valence-corrected chi connectivity index (χ0v) is 11.0. The second-order valence-corrected chi connectivity index (χ2v) is 4.68. The highest BCUT2D eigenvalue weighted by Gasteiger charge is 2.07. The molecule has 20 heavy (non-hydrogen) atoms. The van der Waals surface area contributed by atoms with Crippen LogP contribution in [0.4, 0.5) is 5.95 Å². The Kier molecular flexibility index (Phi) is 3.04. The van der Waals surface area contributed by atoms with Gasteiger partial charge in [0.05, 0.1) is 12.1 Å². The van der Waals surface area contributed by atoms with E-state index in [0.29, 0.717) is 5.52 Å². The zero-order valence-electron chi connectivity index (χ0n) is 11.0. The number of rotatable bonds is 2. The molecule has 1 heterocycles. The van der Waals surface area contributed by atoms with Crippen molar-refractivity contribution in [3.63, 3.8) is 0 Å². The smallest absolute Gasteiger partial charge is 0.240 e. The first-order valence-corrected chi connectivity index (χ1v) is 6.28. The maximum atomic E-state index is 9.23. The highest BCUT2D eigenvalue weighted by Crippen LogP contribution is 2.27. The van der Waals surface area contributed by atoms with Gasteiger partial charge in [0.1, 0.15) is 5.52 Å². The van der Waals surface area contributed by atoms with E-state index >= 15 is 0 Å². The Morgan fingerprint density at radius 1 is 1.10 bits per heavy atom. The minimum atomic E-state index is 0.0262. The van der Waals surface area contributed by atoms with Crippen LogP contribution in [0.1, 0.15) is 11.1 Å². The number of nitrogens with zero attached hydrogens (tertiary/aromatic N) is 3. The summed E-state index contributed by atoms with van der Waals surface area (Å²) in [4.78, 5) is 4.17. The van der Waals surface area contributed by atoms with Crippen LogP contribution in [0.3, 0.4) is 0 Å². The van der Waals surface area contributed by atoms with Crippen molar-refractivity contribution in [2.24, 2.45) is 0 Å². The van der Waals surface area contributed by atoms with Gasteiger partial charge in [0, 0.05) is 0 Å². The van der Waals surface area contributed by atoms with E-state index < -0.39 is 0 Å². The molecule has 100 valence electrons. The third kappa shape index (κ3) is 2.19. The minimum absolute atomic E-state index is 0.0262. The standard InChI is InChI=1S/C15H14N4O/c1-9-5-13-14(18-19-15(16)17-13)7-12(9)11-4-2-3-10(6-11)8-20/h2-7,20H,8H2,1H3,(H2,16,17,19). The van der Waals surface area contributed by atoms with Gasteiger partial charge in [0.25, 0.3) is 0 Å². The summed E-state index contributed by atoms with van der Waals surface area (Å²) in [5.41, 5.74) is 11.0. The van der Waals surface area contributed by atoms with Crippen molar-refractivity contribution in [2.45, 2.75) is 13.5 Å². The molecule has 3 aromatic rings. The van der Waals surface area contributed by atoms with Crippen LogP contribution in [-0.4, -0.2) is 20.3 Å². The highest BCUT2D eigenvalue weighted by atomic mass is 16.3. The van der Waals surface area contributed by atoms with Crippen LogP contribution < -0.4 is 5.73 Å². The van der Waals surface area contributed by atoms with Gasteiger partial charge in [0.2, 0.25) is 5.95 Å². The molecule has 3 rings (SSSR count). The second kappa shape index (κ2) is 4.86. The molecule has 5 heteroatoms. The lowest BCUT2D eigenvalue weighted by atomic mass is 9.98. The van der Waals surface area contributed by atoms with Gasteiger partial charge >= 0.3 is 0 Å². The van der Waals surface area contributed by atoms with Crippen LogP contribution in [0.2, 0.25) is 0 Å². The molecule has 0 fully saturated rings. The first-order chi connectivity index (χ1) is 9.67. The van der Waals surface area contributed by atoms with Crippen LogP contribution in [-0.2, 0) is 6.61 Å². The van der Waals surface area contributed by atoms with Crippen LogP contribution in [0.5, 0.6) is 0 Å². The monoisotopic (exact) mass is 266 g/mol. The van der Waals surface area contributed by atoms with Gasteiger partial charge < -0.3 is 10.8 Å². The number of aromatic nitrogens is 3. The summed E-state index contributed by atoms with van der Waals surface area (Å²) in [6.07, 6.45) is 0. The summed E-state index contributed by atoms with van der Waals surface area (Å²) in [7, 11) is 0. The van der Waals surface area contributed by atoms with Gasteiger partial charge in [-0.25, -0.2) is 4.98 Å². The average molecular weight is 266 g/mol. The van der Waals surface area contributed by atoms with Gasteiger partial charge in [-0.15, -0.1) is 10.2 Å². The van der Waals surface area contributed by atoms with Crippen LogP contribution >= 0.6 is 0 Å². The van der Waals surface area contributed by atoms with Crippen molar-refractivity contribution in [3.8, 4) is 11.1 Å². The normalized spacial score (nSPS) is 10.9. The van der Waals surface area contributed by atoms with Crippen molar-refractivity contribution < 1.29 is 5.11 Å². The largest absolute Gasteiger partial charge is 0.392 e. The van der Waals surface area contributed by atoms with Crippen LogP contribution in [0, 0.1) is 6.92 Å². The Morgan fingerprint density at radius 3 is 2.75 bits per heavy atom. The summed E-state index contributed by atoms with van der Waals surface area (Å²) in [6, 6.07) is 11.7. The number of aliphatic hydroxyl groups excluding tert-OH is 1. The first-order valence-electron chi connectivity index (χ1n) is 6.28. The van der Waals surface area contributed by atoms with Gasteiger partial charge in [-0.1, -0.05) is 18.2 Å². The number of fused-ring (bicyclic) bond motifs is 1. The van der Waals surface area contributed by atoms with E-state index in [1.807, 2.05) is 43.3 Å². The molecule has 0 saturated carbocycles. The Hall–Kier alpha value is -2.53. The molecule has 0 amide bonds. The molecule has 0 aliphatic heterocycles. The molecule has 0 spiro atoms. The van der Waals surface area contributed by atoms with E-state index in [1.165, 1.54) is 0 Å². The SMILES string of the molecule is Cc1cc2nc(N)nnc2cc1-c1cccc(CO)c1. The average Bonchev–Trinajstić information content (AvgIpc) is 2.46. The molecule has 0 unspecified atom stereocenters.